The van der Waals surface area contributed by atoms with Crippen LogP contribution in [0.3, 0.4) is 0 Å². The van der Waals surface area contributed by atoms with E-state index >= 15 is 0 Å². The van der Waals surface area contributed by atoms with Crippen molar-refractivity contribution < 1.29 is 8.42 Å². The van der Waals surface area contributed by atoms with Crippen molar-refractivity contribution in [1.29, 1.82) is 0 Å². The second kappa shape index (κ2) is 6.08. The average molecular weight is 252 g/mol. The number of thioether (sulfide) groups is 1. The summed E-state index contributed by atoms with van der Waals surface area (Å²) in [6.07, 6.45) is 2.23. The Morgan fingerprint density at radius 2 is 2.07 bits per heavy atom. The molecule has 1 atom stereocenters. The molecule has 1 aliphatic heterocycles. The van der Waals surface area contributed by atoms with Crippen molar-refractivity contribution in [3.63, 3.8) is 0 Å². The monoisotopic (exact) mass is 252 g/mol. The van der Waals surface area contributed by atoms with Crippen LogP contribution >= 0.6 is 11.8 Å². The van der Waals surface area contributed by atoms with Crippen LogP contribution in [0.5, 0.6) is 0 Å². The predicted octanol–water partition coefficient (Wildman–Crippen LogP) is 0.396. The van der Waals surface area contributed by atoms with Crippen LogP contribution in [0, 0.1) is 5.92 Å². The molecule has 0 aromatic heterocycles. The lowest BCUT2D eigenvalue weighted by molar-refractivity contribution is 0.474. The highest BCUT2D eigenvalue weighted by Gasteiger charge is 2.21. The van der Waals surface area contributed by atoms with E-state index in [1.54, 1.807) is 6.92 Å². The van der Waals surface area contributed by atoms with E-state index in [2.05, 4.69) is 4.72 Å². The first-order chi connectivity index (χ1) is 7.06. The molecule has 6 heteroatoms. The summed E-state index contributed by atoms with van der Waals surface area (Å²) in [5, 5.41) is -0.490. The van der Waals surface area contributed by atoms with E-state index in [-0.39, 0.29) is 6.54 Å². The van der Waals surface area contributed by atoms with Crippen LogP contribution in [-0.2, 0) is 10.0 Å². The van der Waals surface area contributed by atoms with Gasteiger partial charge in [0.2, 0.25) is 10.0 Å². The van der Waals surface area contributed by atoms with Gasteiger partial charge >= 0.3 is 0 Å². The first kappa shape index (κ1) is 13.3. The molecule has 1 rings (SSSR count). The van der Waals surface area contributed by atoms with Crippen LogP contribution in [0.15, 0.2) is 0 Å². The Morgan fingerprint density at radius 3 is 2.60 bits per heavy atom. The Labute approximate surface area is 96.4 Å². The summed E-state index contributed by atoms with van der Waals surface area (Å²) >= 11 is 1.95. The second-order valence-electron chi connectivity index (χ2n) is 4.00. The minimum absolute atomic E-state index is 0.176. The van der Waals surface area contributed by atoms with Gasteiger partial charge in [0.1, 0.15) is 0 Å². The first-order valence-electron chi connectivity index (χ1n) is 5.32. The Balaban J connectivity index is 2.35. The summed E-state index contributed by atoms with van der Waals surface area (Å²) in [6.45, 7) is 2.39. The molecule has 1 aliphatic rings. The van der Waals surface area contributed by atoms with Gasteiger partial charge in [-0.2, -0.15) is 11.8 Å². The highest BCUT2D eigenvalue weighted by molar-refractivity contribution is 7.99. The Kier molecular flexibility index (Phi) is 5.38. The fourth-order valence-electron chi connectivity index (χ4n) is 1.45. The number of rotatable bonds is 5. The normalized spacial score (nSPS) is 21.5. The predicted molar refractivity (Wildman–Crippen MR) is 65.5 cm³/mol. The molecule has 90 valence electrons. The molecule has 0 bridgehead atoms. The zero-order valence-electron chi connectivity index (χ0n) is 9.11. The summed E-state index contributed by atoms with van der Waals surface area (Å²) in [7, 11) is -3.19. The maximum Gasteiger partial charge on any atom is 0.215 e. The van der Waals surface area contributed by atoms with E-state index in [1.165, 1.54) is 0 Å². The summed E-state index contributed by atoms with van der Waals surface area (Å²) in [4.78, 5) is 0. The van der Waals surface area contributed by atoms with E-state index in [9.17, 15) is 8.42 Å². The summed E-state index contributed by atoms with van der Waals surface area (Å²) in [5.74, 6) is 2.81. The van der Waals surface area contributed by atoms with E-state index in [0.717, 1.165) is 24.3 Å². The van der Waals surface area contributed by atoms with Crippen LogP contribution in [0.25, 0.3) is 0 Å². The van der Waals surface area contributed by atoms with Crippen molar-refractivity contribution in [2.75, 3.05) is 24.6 Å². The van der Waals surface area contributed by atoms with Crippen LogP contribution in [0.4, 0.5) is 0 Å². The topological polar surface area (TPSA) is 72.2 Å². The van der Waals surface area contributed by atoms with E-state index in [0.29, 0.717) is 12.5 Å². The Bertz CT molecular complexity index is 274. The second-order valence-corrected chi connectivity index (χ2v) is 7.40. The maximum absolute atomic E-state index is 11.6. The van der Waals surface area contributed by atoms with Crippen molar-refractivity contribution in [1.82, 2.24) is 4.72 Å². The number of nitrogens with one attached hydrogen (secondary N) is 1. The molecule has 0 saturated carbocycles. The third kappa shape index (κ3) is 4.30. The van der Waals surface area contributed by atoms with Crippen molar-refractivity contribution in [2.45, 2.75) is 25.0 Å². The molecule has 15 heavy (non-hydrogen) atoms. The highest BCUT2D eigenvalue weighted by Crippen LogP contribution is 2.22. The molecule has 1 heterocycles. The van der Waals surface area contributed by atoms with Crippen molar-refractivity contribution in [3.8, 4) is 0 Å². The number of nitrogens with two attached hydrogens (primary N) is 1. The van der Waals surface area contributed by atoms with Gasteiger partial charge in [-0.3, -0.25) is 0 Å². The molecular weight excluding hydrogens is 232 g/mol. The van der Waals surface area contributed by atoms with Crippen LogP contribution in [0.2, 0.25) is 0 Å². The molecule has 3 N–H and O–H groups in total. The quantitative estimate of drug-likeness (QED) is 0.743. The largest absolute Gasteiger partial charge is 0.329 e. The van der Waals surface area contributed by atoms with Gasteiger partial charge in [0.25, 0.3) is 0 Å². The van der Waals surface area contributed by atoms with Crippen molar-refractivity contribution >= 4 is 21.8 Å². The average Bonchev–Trinajstić information content (AvgIpc) is 2.27. The summed E-state index contributed by atoms with van der Waals surface area (Å²) in [6, 6.07) is 0. The van der Waals surface area contributed by atoms with Gasteiger partial charge in [-0.25, -0.2) is 13.1 Å². The SMILES string of the molecule is CC(CN)S(=O)(=O)NCC1CCSCC1. The minimum atomic E-state index is -3.19. The highest BCUT2D eigenvalue weighted by atomic mass is 32.2. The lowest BCUT2D eigenvalue weighted by Gasteiger charge is -2.22. The fraction of sp³-hybridized carbons (Fsp3) is 1.00. The van der Waals surface area contributed by atoms with Gasteiger partial charge in [-0.1, -0.05) is 0 Å². The Hall–Kier alpha value is 0.220. The molecular formula is C9H20N2O2S2. The molecule has 0 radical (unpaired) electrons. The zero-order valence-corrected chi connectivity index (χ0v) is 10.7. The first-order valence-corrected chi connectivity index (χ1v) is 8.02. The molecule has 1 fully saturated rings. The van der Waals surface area contributed by atoms with Gasteiger partial charge in [0.05, 0.1) is 5.25 Å². The maximum atomic E-state index is 11.6. The van der Waals surface area contributed by atoms with Gasteiger partial charge in [-0.15, -0.1) is 0 Å². The minimum Gasteiger partial charge on any atom is -0.329 e. The van der Waals surface area contributed by atoms with E-state index < -0.39 is 15.3 Å². The number of hydrogen-bond donors (Lipinski definition) is 2. The molecule has 0 amide bonds. The molecule has 0 aromatic carbocycles. The molecule has 4 nitrogen and oxygen atoms in total. The van der Waals surface area contributed by atoms with Gasteiger partial charge in [-0.05, 0) is 37.2 Å². The zero-order chi connectivity index (χ0) is 11.3. The van der Waals surface area contributed by atoms with E-state index in [1.807, 2.05) is 11.8 Å². The molecule has 0 spiro atoms. The Morgan fingerprint density at radius 1 is 1.47 bits per heavy atom. The lowest BCUT2D eigenvalue weighted by atomic mass is 10.0. The molecule has 1 saturated heterocycles. The number of sulfonamides is 1. The smallest absolute Gasteiger partial charge is 0.215 e. The van der Waals surface area contributed by atoms with Crippen LogP contribution in [-0.4, -0.2) is 38.3 Å². The molecule has 0 aromatic rings. The third-order valence-corrected chi connectivity index (χ3v) is 5.65. The van der Waals surface area contributed by atoms with Crippen LogP contribution < -0.4 is 10.5 Å². The molecule has 1 unspecified atom stereocenters. The van der Waals surface area contributed by atoms with Crippen molar-refractivity contribution in [3.05, 3.63) is 0 Å². The van der Waals surface area contributed by atoms with Gasteiger partial charge in [0, 0.05) is 13.1 Å². The van der Waals surface area contributed by atoms with Gasteiger partial charge in [0.15, 0.2) is 0 Å². The summed E-state index contributed by atoms with van der Waals surface area (Å²) in [5.41, 5.74) is 5.34. The van der Waals surface area contributed by atoms with E-state index in [4.69, 9.17) is 5.73 Å². The third-order valence-electron chi connectivity index (χ3n) is 2.78. The van der Waals surface area contributed by atoms with Crippen molar-refractivity contribution in [2.24, 2.45) is 11.7 Å². The number of hydrogen-bond acceptors (Lipinski definition) is 4. The van der Waals surface area contributed by atoms with Gasteiger partial charge < -0.3 is 5.73 Å². The fourth-order valence-corrected chi connectivity index (χ4v) is 3.66. The standard InChI is InChI=1S/C9H20N2O2S2/c1-8(6-10)15(12,13)11-7-9-2-4-14-5-3-9/h8-9,11H,2-7,10H2,1H3. The molecule has 0 aliphatic carbocycles. The summed E-state index contributed by atoms with van der Waals surface area (Å²) < 4.78 is 25.9. The van der Waals surface area contributed by atoms with Crippen LogP contribution in [0.1, 0.15) is 19.8 Å². The lowest BCUT2D eigenvalue weighted by Crippen LogP contribution is -2.39.